The van der Waals surface area contributed by atoms with Crippen LogP contribution in [-0.2, 0) is 0 Å². The molecular weight excluding hydrogens is 295 g/mol. The molecule has 1 aromatic heterocycles. The maximum absolute atomic E-state index is 14.2. The van der Waals surface area contributed by atoms with Gasteiger partial charge in [-0.05, 0) is 38.6 Å². The molecule has 1 saturated heterocycles. The molecule has 1 N–H and O–H groups in total. The topological polar surface area (TPSA) is 49.2 Å². The van der Waals surface area contributed by atoms with Crippen LogP contribution in [0.4, 0.5) is 4.39 Å². The van der Waals surface area contributed by atoms with Crippen LogP contribution in [0.15, 0.2) is 33.6 Å². The summed E-state index contributed by atoms with van der Waals surface area (Å²) in [6, 6.07) is 6.19. The minimum atomic E-state index is -0.296. The molecule has 2 atom stereocenters. The molecule has 0 amide bonds. The predicted octanol–water partition coefficient (Wildman–Crippen LogP) is 3.31. The van der Waals surface area contributed by atoms with Gasteiger partial charge in [0.05, 0.1) is 0 Å². The Bertz CT molecular complexity index is 697. The zero-order chi connectivity index (χ0) is 15.0. The van der Waals surface area contributed by atoms with Crippen molar-refractivity contribution in [2.45, 2.75) is 24.8 Å². The largest absolute Gasteiger partial charge is 0.383 e. The monoisotopic (exact) mass is 310 g/mol. The molecule has 112 valence electrons. The Balaban J connectivity index is 1.88. The SMILES string of the molecule is CN1CC[C@H](c2cc(=O)[nH]o2)C[C@@H]1c1ccc(Cl)cc1F. The third-order valence-electron chi connectivity index (χ3n) is 4.14. The zero-order valence-electron chi connectivity index (χ0n) is 11.6. The molecule has 6 heteroatoms. The molecule has 4 nitrogen and oxygen atoms in total. The average molecular weight is 311 g/mol. The van der Waals surface area contributed by atoms with Crippen molar-refractivity contribution in [2.75, 3.05) is 13.6 Å². The van der Waals surface area contributed by atoms with Crippen LogP contribution in [0.25, 0.3) is 0 Å². The number of nitrogens with one attached hydrogen (secondary N) is 1. The highest BCUT2D eigenvalue weighted by Crippen LogP contribution is 2.39. The number of hydrogen-bond donors (Lipinski definition) is 1. The van der Waals surface area contributed by atoms with E-state index in [4.69, 9.17) is 16.1 Å². The number of nitrogens with zero attached hydrogens (tertiary/aromatic N) is 1. The van der Waals surface area contributed by atoms with E-state index < -0.39 is 0 Å². The van der Waals surface area contributed by atoms with Crippen molar-refractivity contribution in [1.82, 2.24) is 10.1 Å². The number of H-pyrrole nitrogens is 1. The van der Waals surface area contributed by atoms with Gasteiger partial charge in [0.15, 0.2) is 0 Å². The number of benzene rings is 1. The van der Waals surface area contributed by atoms with Gasteiger partial charge in [0, 0.05) is 28.6 Å². The van der Waals surface area contributed by atoms with E-state index in [0.29, 0.717) is 22.8 Å². The fourth-order valence-electron chi connectivity index (χ4n) is 2.98. The third kappa shape index (κ3) is 2.89. The molecule has 0 radical (unpaired) electrons. The summed E-state index contributed by atoms with van der Waals surface area (Å²) in [7, 11) is 1.97. The Kier molecular flexibility index (Phi) is 3.87. The molecule has 1 aliphatic heterocycles. The summed E-state index contributed by atoms with van der Waals surface area (Å²) in [6.45, 7) is 0.812. The number of likely N-dealkylation sites (tertiary alicyclic amines) is 1. The third-order valence-corrected chi connectivity index (χ3v) is 4.37. The normalized spacial score (nSPS) is 23.4. The average Bonchev–Trinajstić information content (AvgIpc) is 2.87. The molecule has 0 bridgehead atoms. The van der Waals surface area contributed by atoms with Crippen LogP contribution in [0.1, 0.15) is 36.1 Å². The Morgan fingerprint density at radius 1 is 1.43 bits per heavy atom. The lowest BCUT2D eigenvalue weighted by atomic mass is 9.86. The number of hydrogen-bond acceptors (Lipinski definition) is 3. The van der Waals surface area contributed by atoms with Gasteiger partial charge in [-0.1, -0.05) is 17.7 Å². The number of piperidine rings is 1. The van der Waals surface area contributed by atoms with E-state index in [2.05, 4.69) is 10.1 Å². The second-order valence-corrected chi connectivity index (χ2v) is 5.94. The lowest BCUT2D eigenvalue weighted by Gasteiger charge is -2.36. The fourth-order valence-corrected chi connectivity index (χ4v) is 3.13. The number of aromatic nitrogens is 1. The van der Waals surface area contributed by atoms with E-state index in [0.717, 1.165) is 13.0 Å². The smallest absolute Gasteiger partial charge is 0.280 e. The van der Waals surface area contributed by atoms with Crippen LogP contribution in [-0.4, -0.2) is 23.6 Å². The number of rotatable bonds is 2. The van der Waals surface area contributed by atoms with Gasteiger partial charge in [0.25, 0.3) is 5.56 Å². The molecule has 1 fully saturated rings. The van der Waals surface area contributed by atoms with Gasteiger partial charge in [-0.3, -0.25) is 9.69 Å². The van der Waals surface area contributed by atoms with Gasteiger partial charge in [-0.15, -0.1) is 0 Å². The Morgan fingerprint density at radius 2 is 2.24 bits per heavy atom. The molecule has 0 saturated carbocycles. The standard InChI is InChI=1S/C15H16ClFN2O2/c1-19-5-4-9(14-8-15(20)18-21-14)6-13(19)11-3-2-10(16)7-12(11)17/h2-3,7-9,13H,4-6H2,1H3,(H,18,20)/t9-,13+/m0/s1. The lowest BCUT2D eigenvalue weighted by Crippen LogP contribution is -2.33. The summed E-state index contributed by atoms with van der Waals surface area (Å²) in [6.07, 6.45) is 1.58. The summed E-state index contributed by atoms with van der Waals surface area (Å²) in [5.41, 5.74) is 0.391. The van der Waals surface area contributed by atoms with Crippen LogP contribution >= 0.6 is 11.6 Å². The van der Waals surface area contributed by atoms with Crippen molar-refractivity contribution in [2.24, 2.45) is 0 Å². The second kappa shape index (κ2) is 5.66. The molecular formula is C15H16ClFN2O2. The molecule has 21 heavy (non-hydrogen) atoms. The van der Waals surface area contributed by atoms with Crippen molar-refractivity contribution in [3.63, 3.8) is 0 Å². The van der Waals surface area contributed by atoms with Gasteiger partial charge in [-0.25, -0.2) is 4.39 Å². The molecule has 3 rings (SSSR count). The van der Waals surface area contributed by atoms with Crippen LogP contribution in [0.3, 0.4) is 0 Å². The fraction of sp³-hybridized carbons (Fsp3) is 0.400. The van der Waals surface area contributed by atoms with E-state index in [9.17, 15) is 9.18 Å². The van der Waals surface area contributed by atoms with Gasteiger partial charge in [-0.2, -0.15) is 5.16 Å². The Labute approximate surface area is 126 Å². The van der Waals surface area contributed by atoms with E-state index in [1.165, 1.54) is 12.1 Å². The summed E-state index contributed by atoms with van der Waals surface area (Å²) < 4.78 is 19.4. The predicted molar refractivity (Wildman–Crippen MR) is 78.1 cm³/mol. The molecule has 1 aliphatic rings. The zero-order valence-corrected chi connectivity index (χ0v) is 12.4. The highest BCUT2D eigenvalue weighted by molar-refractivity contribution is 6.30. The van der Waals surface area contributed by atoms with Crippen LogP contribution in [0.2, 0.25) is 5.02 Å². The maximum Gasteiger partial charge on any atom is 0.280 e. The summed E-state index contributed by atoms with van der Waals surface area (Å²) in [4.78, 5) is 13.3. The van der Waals surface area contributed by atoms with Crippen LogP contribution in [0.5, 0.6) is 0 Å². The van der Waals surface area contributed by atoms with E-state index >= 15 is 0 Å². The van der Waals surface area contributed by atoms with E-state index in [1.54, 1.807) is 12.1 Å². The summed E-state index contributed by atoms with van der Waals surface area (Å²) in [5.74, 6) is 0.461. The molecule has 2 aromatic rings. The molecule has 0 aliphatic carbocycles. The molecule has 1 aromatic carbocycles. The minimum absolute atomic E-state index is 0.0544. The molecule has 0 spiro atoms. The maximum atomic E-state index is 14.2. The van der Waals surface area contributed by atoms with Gasteiger partial charge >= 0.3 is 0 Å². The lowest BCUT2D eigenvalue weighted by molar-refractivity contribution is 0.154. The molecule has 2 heterocycles. The summed E-state index contributed by atoms with van der Waals surface area (Å²) >= 11 is 5.81. The quantitative estimate of drug-likeness (QED) is 0.926. The number of halogens is 2. The second-order valence-electron chi connectivity index (χ2n) is 5.50. The van der Waals surface area contributed by atoms with E-state index in [1.807, 2.05) is 7.05 Å². The first-order chi connectivity index (χ1) is 10.0. The van der Waals surface area contributed by atoms with Crippen LogP contribution < -0.4 is 5.56 Å². The minimum Gasteiger partial charge on any atom is -0.383 e. The molecule has 0 unspecified atom stereocenters. The van der Waals surface area contributed by atoms with E-state index in [-0.39, 0.29) is 23.3 Å². The Hall–Kier alpha value is -1.59. The van der Waals surface area contributed by atoms with Crippen molar-refractivity contribution in [3.8, 4) is 0 Å². The highest BCUT2D eigenvalue weighted by atomic mass is 35.5. The van der Waals surface area contributed by atoms with Gasteiger partial charge in [0.2, 0.25) is 0 Å². The van der Waals surface area contributed by atoms with Crippen molar-refractivity contribution in [1.29, 1.82) is 0 Å². The Morgan fingerprint density at radius 3 is 2.90 bits per heavy atom. The first-order valence-electron chi connectivity index (χ1n) is 6.88. The summed E-state index contributed by atoms with van der Waals surface area (Å²) in [5, 5.41) is 2.71. The van der Waals surface area contributed by atoms with Crippen molar-refractivity contribution >= 4 is 11.6 Å². The highest BCUT2D eigenvalue weighted by Gasteiger charge is 2.31. The van der Waals surface area contributed by atoms with Crippen LogP contribution in [0, 0.1) is 5.82 Å². The first-order valence-corrected chi connectivity index (χ1v) is 7.26. The van der Waals surface area contributed by atoms with Crippen molar-refractivity contribution < 1.29 is 8.91 Å². The van der Waals surface area contributed by atoms with Gasteiger partial charge in [0.1, 0.15) is 11.6 Å². The van der Waals surface area contributed by atoms with Crippen molar-refractivity contribution in [3.05, 3.63) is 56.8 Å². The number of aromatic amines is 1. The van der Waals surface area contributed by atoms with Gasteiger partial charge < -0.3 is 4.52 Å². The first kappa shape index (κ1) is 14.4.